The molecule has 0 aliphatic carbocycles. The number of aliphatic hydroxyl groups excluding tert-OH is 1. The zero-order chi connectivity index (χ0) is 13.8. The quantitative estimate of drug-likeness (QED) is 0.886. The summed E-state index contributed by atoms with van der Waals surface area (Å²) in [6.45, 7) is 1.84. The molecule has 5 heteroatoms. The van der Waals surface area contributed by atoms with Gasteiger partial charge in [-0.05, 0) is 31.2 Å². The Morgan fingerprint density at radius 2 is 2.11 bits per heavy atom. The van der Waals surface area contributed by atoms with Gasteiger partial charge in [0.05, 0.1) is 18.2 Å². The van der Waals surface area contributed by atoms with E-state index in [0.717, 1.165) is 0 Å². The van der Waals surface area contributed by atoms with Gasteiger partial charge in [-0.15, -0.1) is 0 Å². The maximum Gasteiger partial charge on any atom is 0.129 e. The van der Waals surface area contributed by atoms with E-state index in [9.17, 15) is 4.39 Å². The molecule has 0 saturated heterocycles. The number of benzene rings is 1. The van der Waals surface area contributed by atoms with Crippen molar-refractivity contribution in [2.75, 3.05) is 5.32 Å². The van der Waals surface area contributed by atoms with Crippen LogP contribution in [0, 0.1) is 24.1 Å². The van der Waals surface area contributed by atoms with Gasteiger partial charge in [0, 0.05) is 11.3 Å². The van der Waals surface area contributed by atoms with Crippen molar-refractivity contribution < 1.29 is 13.9 Å². The summed E-state index contributed by atoms with van der Waals surface area (Å²) in [5, 5.41) is 20.7. The van der Waals surface area contributed by atoms with Crippen molar-refractivity contribution in [1.82, 2.24) is 0 Å². The Morgan fingerprint density at radius 1 is 1.37 bits per heavy atom. The largest absolute Gasteiger partial charge is 0.462 e. The van der Waals surface area contributed by atoms with Crippen molar-refractivity contribution in [3.63, 3.8) is 0 Å². The molecule has 98 valence electrons. The lowest BCUT2D eigenvalue weighted by Crippen LogP contribution is -2.02. The molecule has 0 saturated carbocycles. The minimum atomic E-state index is -0.419. The fourth-order valence-corrected chi connectivity index (χ4v) is 1.71. The van der Waals surface area contributed by atoms with Crippen molar-refractivity contribution in [2.45, 2.75) is 20.1 Å². The summed E-state index contributed by atoms with van der Waals surface area (Å²) in [7, 11) is 0. The minimum Gasteiger partial charge on any atom is -0.462 e. The van der Waals surface area contributed by atoms with Crippen LogP contribution in [0.15, 0.2) is 28.7 Å². The third-order valence-electron chi connectivity index (χ3n) is 2.80. The molecule has 1 aromatic carbocycles. The van der Waals surface area contributed by atoms with Gasteiger partial charge >= 0.3 is 0 Å². The lowest BCUT2D eigenvalue weighted by Gasteiger charge is -2.09. The van der Waals surface area contributed by atoms with Crippen LogP contribution in [-0.2, 0) is 13.2 Å². The average molecular weight is 260 g/mol. The number of nitrogens with one attached hydrogen (secondary N) is 1. The molecule has 4 nitrogen and oxygen atoms in total. The van der Waals surface area contributed by atoms with Gasteiger partial charge in [0.15, 0.2) is 0 Å². The monoisotopic (exact) mass is 260 g/mol. The van der Waals surface area contributed by atoms with Crippen LogP contribution in [0.1, 0.15) is 22.6 Å². The normalized spacial score (nSPS) is 10.2. The molecule has 1 heterocycles. The second kappa shape index (κ2) is 5.55. The molecule has 2 aromatic rings. The Morgan fingerprint density at radius 3 is 2.74 bits per heavy atom. The third kappa shape index (κ3) is 2.92. The lowest BCUT2D eigenvalue weighted by molar-refractivity contribution is 0.244. The van der Waals surface area contributed by atoms with Crippen LogP contribution in [-0.4, -0.2) is 5.11 Å². The van der Waals surface area contributed by atoms with E-state index in [1.54, 1.807) is 25.1 Å². The SMILES string of the molecule is Cc1c(F)cc(C#N)cc1NCc1ccc(CO)o1. The predicted octanol–water partition coefficient (Wildman–Crippen LogP) is 2.70. The van der Waals surface area contributed by atoms with Gasteiger partial charge in [-0.1, -0.05) is 0 Å². The Bertz CT molecular complexity index is 629. The maximum atomic E-state index is 13.6. The van der Waals surface area contributed by atoms with E-state index in [1.165, 1.54) is 6.07 Å². The fraction of sp³-hybridized carbons (Fsp3) is 0.214. The van der Waals surface area contributed by atoms with Crippen molar-refractivity contribution in [3.05, 3.63) is 52.7 Å². The van der Waals surface area contributed by atoms with Gasteiger partial charge in [0.25, 0.3) is 0 Å². The van der Waals surface area contributed by atoms with Crippen LogP contribution < -0.4 is 5.32 Å². The molecule has 2 rings (SSSR count). The number of furan rings is 1. The molecule has 0 unspecified atom stereocenters. The molecule has 2 N–H and O–H groups in total. The highest BCUT2D eigenvalue weighted by molar-refractivity contribution is 5.55. The van der Waals surface area contributed by atoms with Crippen molar-refractivity contribution >= 4 is 5.69 Å². The van der Waals surface area contributed by atoms with Crippen molar-refractivity contribution in [3.8, 4) is 6.07 Å². The van der Waals surface area contributed by atoms with E-state index >= 15 is 0 Å². The molecule has 0 atom stereocenters. The summed E-state index contributed by atoms with van der Waals surface area (Å²) in [6.07, 6.45) is 0. The molecular weight excluding hydrogens is 247 g/mol. The smallest absolute Gasteiger partial charge is 0.129 e. The first-order chi connectivity index (χ1) is 9.13. The summed E-state index contributed by atoms with van der Waals surface area (Å²) < 4.78 is 18.9. The molecule has 19 heavy (non-hydrogen) atoms. The van der Waals surface area contributed by atoms with Gasteiger partial charge in [-0.25, -0.2) is 4.39 Å². The molecule has 0 aliphatic rings. The lowest BCUT2D eigenvalue weighted by atomic mass is 10.1. The first kappa shape index (κ1) is 13.1. The van der Waals surface area contributed by atoms with E-state index in [0.29, 0.717) is 29.3 Å². The van der Waals surface area contributed by atoms with E-state index in [2.05, 4.69) is 5.32 Å². The Hall–Kier alpha value is -2.32. The number of aliphatic hydroxyl groups is 1. The third-order valence-corrected chi connectivity index (χ3v) is 2.80. The van der Waals surface area contributed by atoms with E-state index in [-0.39, 0.29) is 12.2 Å². The standard InChI is InChI=1S/C14H13FN2O2/c1-9-13(15)4-10(6-16)5-14(9)17-7-11-2-3-12(8-18)19-11/h2-5,17-18H,7-8H2,1H3. The number of halogens is 1. The van der Waals surface area contributed by atoms with Crippen LogP contribution >= 0.6 is 0 Å². The molecule has 0 radical (unpaired) electrons. The molecule has 0 bridgehead atoms. The zero-order valence-corrected chi connectivity index (χ0v) is 10.4. The van der Waals surface area contributed by atoms with E-state index in [4.69, 9.17) is 14.8 Å². The van der Waals surface area contributed by atoms with Crippen LogP contribution in [0.2, 0.25) is 0 Å². The van der Waals surface area contributed by atoms with Crippen LogP contribution in [0.5, 0.6) is 0 Å². The first-order valence-electron chi connectivity index (χ1n) is 5.76. The van der Waals surface area contributed by atoms with E-state index < -0.39 is 5.82 Å². The molecule has 0 spiro atoms. The van der Waals surface area contributed by atoms with Gasteiger partial charge in [-0.3, -0.25) is 0 Å². The summed E-state index contributed by atoms with van der Waals surface area (Å²) in [6, 6.07) is 8.12. The number of rotatable bonds is 4. The average Bonchev–Trinajstić information content (AvgIpc) is 2.88. The van der Waals surface area contributed by atoms with E-state index in [1.807, 2.05) is 6.07 Å². The molecule has 1 aromatic heterocycles. The fourth-order valence-electron chi connectivity index (χ4n) is 1.71. The highest BCUT2D eigenvalue weighted by Crippen LogP contribution is 2.21. The topological polar surface area (TPSA) is 69.2 Å². The molecular formula is C14H13FN2O2. The highest BCUT2D eigenvalue weighted by atomic mass is 19.1. The number of nitriles is 1. The molecule has 0 aliphatic heterocycles. The van der Waals surface area contributed by atoms with Gasteiger partial charge < -0.3 is 14.8 Å². The zero-order valence-electron chi connectivity index (χ0n) is 10.4. The van der Waals surface area contributed by atoms with Gasteiger partial charge in [0.1, 0.15) is 23.9 Å². The number of anilines is 1. The predicted molar refractivity (Wildman–Crippen MR) is 67.8 cm³/mol. The first-order valence-corrected chi connectivity index (χ1v) is 5.76. The second-order valence-electron chi connectivity index (χ2n) is 4.12. The highest BCUT2D eigenvalue weighted by Gasteiger charge is 2.08. The minimum absolute atomic E-state index is 0.155. The second-order valence-corrected chi connectivity index (χ2v) is 4.12. The summed E-state index contributed by atoms with van der Waals surface area (Å²) in [4.78, 5) is 0. The van der Waals surface area contributed by atoms with Crippen LogP contribution in [0.4, 0.5) is 10.1 Å². The Labute approximate surface area is 110 Å². The number of hydrogen-bond acceptors (Lipinski definition) is 4. The molecule has 0 fully saturated rings. The van der Waals surface area contributed by atoms with Crippen molar-refractivity contribution in [2.24, 2.45) is 0 Å². The number of nitrogens with zero attached hydrogens (tertiary/aromatic N) is 1. The van der Waals surface area contributed by atoms with Gasteiger partial charge in [0.2, 0.25) is 0 Å². The number of hydrogen-bond donors (Lipinski definition) is 2. The van der Waals surface area contributed by atoms with Crippen LogP contribution in [0.3, 0.4) is 0 Å². The maximum absolute atomic E-state index is 13.6. The molecule has 0 amide bonds. The summed E-state index contributed by atoms with van der Waals surface area (Å²) >= 11 is 0. The summed E-state index contributed by atoms with van der Waals surface area (Å²) in [5.74, 6) is 0.689. The van der Waals surface area contributed by atoms with Crippen molar-refractivity contribution in [1.29, 1.82) is 5.26 Å². The Balaban J connectivity index is 2.15. The summed E-state index contributed by atoms with van der Waals surface area (Å²) in [5.41, 5.74) is 1.27. The Kier molecular flexibility index (Phi) is 3.83. The van der Waals surface area contributed by atoms with Crippen LogP contribution in [0.25, 0.3) is 0 Å². The van der Waals surface area contributed by atoms with Gasteiger partial charge in [-0.2, -0.15) is 5.26 Å².